The quantitative estimate of drug-likeness (QED) is 0.829. The van der Waals surface area contributed by atoms with E-state index in [1.807, 2.05) is 13.8 Å². The van der Waals surface area contributed by atoms with Crippen LogP contribution < -0.4 is 5.73 Å². The first kappa shape index (κ1) is 15.1. The van der Waals surface area contributed by atoms with Gasteiger partial charge in [0.1, 0.15) is 5.82 Å². The molecule has 0 aliphatic carbocycles. The van der Waals surface area contributed by atoms with Gasteiger partial charge < -0.3 is 5.73 Å². The largest absolute Gasteiger partial charge is 0.329 e. The summed E-state index contributed by atoms with van der Waals surface area (Å²) in [6, 6.07) is 1.80. The minimum Gasteiger partial charge on any atom is -0.329 e. The summed E-state index contributed by atoms with van der Waals surface area (Å²) in [6.45, 7) is 4.63. The van der Waals surface area contributed by atoms with Crippen molar-refractivity contribution in [2.75, 3.05) is 6.54 Å². The lowest BCUT2D eigenvalue weighted by atomic mass is 9.93. The molecule has 0 saturated carbocycles. The molecule has 1 aromatic heterocycles. The summed E-state index contributed by atoms with van der Waals surface area (Å²) in [5.41, 5.74) is 5.45. The first-order valence-electron chi connectivity index (χ1n) is 3.64. The lowest BCUT2D eigenvalue weighted by molar-refractivity contribution is 0.502. The zero-order chi connectivity index (χ0) is 8.32. The van der Waals surface area contributed by atoms with Crippen LogP contribution in [0.1, 0.15) is 19.7 Å². The summed E-state index contributed by atoms with van der Waals surface area (Å²) >= 11 is 0. The smallest absolute Gasteiger partial charge is 0.135 e. The summed E-state index contributed by atoms with van der Waals surface area (Å²) in [7, 11) is 0. The second-order valence-corrected chi connectivity index (χ2v) is 3.16. The van der Waals surface area contributed by atoms with Crippen LogP contribution in [-0.2, 0) is 5.41 Å². The van der Waals surface area contributed by atoms with Crippen LogP contribution in [0.3, 0.4) is 0 Å². The fourth-order valence-electron chi connectivity index (χ4n) is 0.740. The van der Waals surface area contributed by atoms with Crippen LogP contribution in [-0.4, -0.2) is 16.5 Å². The molecular formula is C8H15Cl2N3. The van der Waals surface area contributed by atoms with Gasteiger partial charge in [0.05, 0.1) is 0 Å². The molecule has 13 heavy (non-hydrogen) atoms. The van der Waals surface area contributed by atoms with E-state index in [-0.39, 0.29) is 30.2 Å². The SMILES string of the molecule is CC(C)(CN)c1ncccn1.Cl.Cl. The molecule has 76 valence electrons. The summed E-state index contributed by atoms with van der Waals surface area (Å²) in [4.78, 5) is 8.26. The van der Waals surface area contributed by atoms with Crippen LogP contribution in [0, 0.1) is 0 Å². The van der Waals surface area contributed by atoms with Crippen molar-refractivity contribution in [2.45, 2.75) is 19.3 Å². The highest BCUT2D eigenvalue weighted by Crippen LogP contribution is 2.15. The van der Waals surface area contributed by atoms with E-state index < -0.39 is 0 Å². The van der Waals surface area contributed by atoms with Crippen molar-refractivity contribution in [3.63, 3.8) is 0 Å². The first-order valence-corrected chi connectivity index (χ1v) is 3.64. The fourth-order valence-corrected chi connectivity index (χ4v) is 0.740. The molecule has 5 heteroatoms. The van der Waals surface area contributed by atoms with E-state index in [2.05, 4.69) is 9.97 Å². The molecule has 0 bridgehead atoms. The molecule has 0 aliphatic heterocycles. The van der Waals surface area contributed by atoms with Crippen molar-refractivity contribution in [1.29, 1.82) is 0 Å². The van der Waals surface area contributed by atoms with Gasteiger partial charge in [-0.05, 0) is 6.07 Å². The molecular weight excluding hydrogens is 209 g/mol. The van der Waals surface area contributed by atoms with Gasteiger partial charge in [-0.25, -0.2) is 9.97 Å². The highest BCUT2D eigenvalue weighted by atomic mass is 35.5. The highest BCUT2D eigenvalue weighted by molar-refractivity contribution is 5.85. The molecule has 0 amide bonds. The minimum atomic E-state index is -0.110. The molecule has 0 aromatic carbocycles. The van der Waals surface area contributed by atoms with E-state index in [1.165, 1.54) is 0 Å². The maximum Gasteiger partial charge on any atom is 0.135 e. The van der Waals surface area contributed by atoms with Crippen molar-refractivity contribution in [3.05, 3.63) is 24.3 Å². The Morgan fingerprint density at radius 1 is 1.23 bits per heavy atom. The average Bonchev–Trinajstić information content (AvgIpc) is 2.06. The Hall–Kier alpha value is -0.380. The number of nitrogens with zero attached hydrogens (tertiary/aromatic N) is 2. The summed E-state index contributed by atoms with van der Waals surface area (Å²) in [6.07, 6.45) is 3.47. The van der Waals surface area contributed by atoms with Gasteiger partial charge in [-0.2, -0.15) is 0 Å². The molecule has 0 saturated heterocycles. The van der Waals surface area contributed by atoms with Crippen LogP contribution in [0.4, 0.5) is 0 Å². The number of nitrogens with two attached hydrogens (primary N) is 1. The lowest BCUT2D eigenvalue weighted by Crippen LogP contribution is -2.30. The maximum absolute atomic E-state index is 5.56. The Balaban J connectivity index is 0. The predicted molar refractivity (Wildman–Crippen MR) is 58.6 cm³/mol. The zero-order valence-electron chi connectivity index (χ0n) is 7.73. The number of rotatable bonds is 2. The maximum atomic E-state index is 5.56. The Bertz CT molecular complexity index is 226. The topological polar surface area (TPSA) is 51.8 Å². The molecule has 0 unspecified atom stereocenters. The molecule has 1 heterocycles. The van der Waals surface area contributed by atoms with Gasteiger partial charge in [0.2, 0.25) is 0 Å². The summed E-state index contributed by atoms with van der Waals surface area (Å²) < 4.78 is 0. The van der Waals surface area contributed by atoms with Gasteiger partial charge in [0.15, 0.2) is 0 Å². The third-order valence-electron chi connectivity index (χ3n) is 1.68. The Kier molecular flexibility index (Phi) is 7.13. The van der Waals surface area contributed by atoms with Crippen LogP contribution >= 0.6 is 24.8 Å². The third-order valence-corrected chi connectivity index (χ3v) is 1.68. The van der Waals surface area contributed by atoms with E-state index in [0.29, 0.717) is 6.54 Å². The standard InChI is InChI=1S/C8H13N3.2ClH/c1-8(2,6-9)7-10-4-3-5-11-7;;/h3-5H,6,9H2,1-2H3;2*1H. The molecule has 1 aromatic rings. The molecule has 0 spiro atoms. The van der Waals surface area contributed by atoms with Crippen LogP contribution in [0.15, 0.2) is 18.5 Å². The van der Waals surface area contributed by atoms with E-state index in [0.717, 1.165) is 5.82 Å². The van der Waals surface area contributed by atoms with Gasteiger partial charge in [-0.3, -0.25) is 0 Å². The number of aromatic nitrogens is 2. The summed E-state index contributed by atoms with van der Waals surface area (Å²) in [5, 5.41) is 0. The van der Waals surface area contributed by atoms with Gasteiger partial charge in [-0.15, -0.1) is 24.8 Å². The van der Waals surface area contributed by atoms with Crippen LogP contribution in [0.25, 0.3) is 0 Å². The normalized spacial score (nSPS) is 9.77. The fraction of sp³-hybridized carbons (Fsp3) is 0.500. The van der Waals surface area contributed by atoms with Gasteiger partial charge in [-0.1, -0.05) is 13.8 Å². The predicted octanol–water partition coefficient (Wildman–Crippen LogP) is 1.56. The Morgan fingerprint density at radius 2 is 1.69 bits per heavy atom. The number of hydrogen-bond donors (Lipinski definition) is 1. The average molecular weight is 224 g/mol. The number of hydrogen-bond acceptors (Lipinski definition) is 3. The molecule has 0 aliphatic rings. The Labute approximate surface area is 91.0 Å². The zero-order valence-corrected chi connectivity index (χ0v) is 9.36. The second-order valence-electron chi connectivity index (χ2n) is 3.16. The summed E-state index contributed by atoms with van der Waals surface area (Å²) in [5.74, 6) is 0.808. The molecule has 2 N–H and O–H groups in total. The second kappa shape index (κ2) is 6.13. The van der Waals surface area contributed by atoms with Crippen molar-refractivity contribution < 1.29 is 0 Å². The van der Waals surface area contributed by atoms with Crippen molar-refractivity contribution in [2.24, 2.45) is 5.73 Å². The van der Waals surface area contributed by atoms with E-state index >= 15 is 0 Å². The van der Waals surface area contributed by atoms with Crippen LogP contribution in [0.2, 0.25) is 0 Å². The van der Waals surface area contributed by atoms with E-state index in [4.69, 9.17) is 5.73 Å². The Morgan fingerprint density at radius 3 is 2.08 bits per heavy atom. The van der Waals surface area contributed by atoms with E-state index in [9.17, 15) is 0 Å². The first-order chi connectivity index (χ1) is 5.17. The molecule has 3 nitrogen and oxygen atoms in total. The monoisotopic (exact) mass is 223 g/mol. The van der Waals surface area contributed by atoms with Crippen molar-refractivity contribution in [3.8, 4) is 0 Å². The van der Waals surface area contributed by atoms with Gasteiger partial charge >= 0.3 is 0 Å². The minimum absolute atomic E-state index is 0. The van der Waals surface area contributed by atoms with Crippen molar-refractivity contribution in [1.82, 2.24) is 9.97 Å². The van der Waals surface area contributed by atoms with Crippen molar-refractivity contribution >= 4 is 24.8 Å². The number of halogens is 2. The molecule has 1 rings (SSSR count). The molecule has 0 fully saturated rings. The van der Waals surface area contributed by atoms with Gasteiger partial charge in [0.25, 0.3) is 0 Å². The van der Waals surface area contributed by atoms with Crippen LogP contribution in [0.5, 0.6) is 0 Å². The molecule has 0 radical (unpaired) electrons. The van der Waals surface area contributed by atoms with Gasteiger partial charge in [0, 0.05) is 24.4 Å². The lowest BCUT2D eigenvalue weighted by Gasteiger charge is -2.19. The highest BCUT2D eigenvalue weighted by Gasteiger charge is 2.20. The third kappa shape index (κ3) is 3.89. The van der Waals surface area contributed by atoms with E-state index in [1.54, 1.807) is 18.5 Å². The molecule has 0 atom stereocenters.